The molecular formula is C14H24N2OS. The molecule has 1 aliphatic carbocycles. The molecule has 3 fully saturated rings. The van der Waals surface area contributed by atoms with Crippen molar-refractivity contribution in [1.82, 2.24) is 10.2 Å². The van der Waals surface area contributed by atoms with Crippen LogP contribution in [0.4, 0.5) is 0 Å². The van der Waals surface area contributed by atoms with Crippen LogP contribution in [-0.4, -0.2) is 47.5 Å². The first kappa shape index (κ1) is 12.8. The number of nitrogens with zero attached hydrogens (tertiary/aromatic N) is 1. The minimum atomic E-state index is 0.319. The van der Waals surface area contributed by atoms with Crippen LogP contribution in [0.2, 0.25) is 0 Å². The summed E-state index contributed by atoms with van der Waals surface area (Å²) in [6.07, 6.45) is 7.44. The molecule has 0 aromatic carbocycles. The van der Waals surface area contributed by atoms with Crippen molar-refractivity contribution in [2.24, 2.45) is 5.92 Å². The van der Waals surface area contributed by atoms with E-state index in [9.17, 15) is 4.79 Å². The quantitative estimate of drug-likeness (QED) is 0.845. The molecule has 2 unspecified atom stereocenters. The SMILES string of the molecule is O=C(C1CCSC1)N(CC1CCCCN1)C1CC1. The molecule has 0 spiro atoms. The number of hydrogen-bond acceptors (Lipinski definition) is 3. The average molecular weight is 268 g/mol. The van der Waals surface area contributed by atoms with Gasteiger partial charge >= 0.3 is 0 Å². The Morgan fingerprint density at radius 2 is 2.11 bits per heavy atom. The van der Waals surface area contributed by atoms with Crippen molar-refractivity contribution in [3.05, 3.63) is 0 Å². The molecule has 0 bridgehead atoms. The van der Waals surface area contributed by atoms with E-state index in [1.54, 1.807) is 0 Å². The van der Waals surface area contributed by atoms with Gasteiger partial charge < -0.3 is 10.2 Å². The maximum atomic E-state index is 12.6. The Balaban J connectivity index is 1.58. The van der Waals surface area contributed by atoms with E-state index in [4.69, 9.17) is 0 Å². The molecule has 3 rings (SSSR count). The van der Waals surface area contributed by atoms with Crippen LogP contribution in [0.5, 0.6) is 0 Å². The van der Waals surface area contributed by atoms with Gasteiger partial charge in [-0.1, -0.05) is 6.42 Å². The molecule has 1 amide bonds. The van der Waals surface area contributed by atoms with Gasteiger partial charge in [0.2, 0.25) is 5.91 Å². The Hall–Kier alpha value is -0.220. The van der Waals surface area contributed by atoms with Gasteiger partial charge in [-0.05, 0) is 44.4 Å². The molecule has 18 heavy (non-hydrogen) atoms. The van der Waals surface area contributed by atoms with Crippen LogP contribution in [0.3, 0.4) is 0 Å². The Kier molecular flexibility index (Phi) is 4.14. The van der Waals surface area contributed by atoms with Gasteiger partial charge in [-0.2, -0.15) is 11.8 Å². The molecule has 2 atom stereocenters. The average Bonchev–Trinajstić information content (AvgIpc) is 3.10. The van der Waals surface area contributed by atoms with Gasteiger partial charge in [-0.3, -0.25) is 4.79 Å². The number of nitrogens with one attached hydrogen (secondary N) is 1. The van der Waals surface area contributed by atoms with Crippen LogP contribution in [0.1, 0.15) is 38.5 Å². The first-order valence-electron chi connectivity index (χ1n) is 7.46. The highest BCUT2D eigenvalue weighted by atomic mass is 32.2. The van der Waals surface area contributed by atoms with Crippen LogP contribution in [0.25, 0.3) is 0 Å². The highest BCUT2D eigenvalue weighted by Crippen LogP contribution is 2.32. The van der Waals surface area contributed by atoms with Crippen molar-refractivity contribution in [2.75, 3.05) is 24.6 Å². The van der Waals surface area contributed by atoms with E-state index >= 15 is 0 Å². The van der Waals surface area contributed by atoms with Crippen molar-refractivity contribution in [2.45, 2.75) is 50.6 Å². The van der Waals surface area contributed by atoms with Crippen molar-refractivity contribution in [3.8, 4) is 0 Å². The molecule has 2 saturated heterocycles. The Labute approximate surface area is 114 Å². The fourth-order valence-corrected chi connectivity index (χ4v) is 4.30. The van der Waals surface area contributed by atoms with Crippen LogP contribution in [0.15, 0.2) is 0 Å². The zero-order valence-electron chi connectivity index (χ0n) is 11.1. The van der Waals surface area contributed by atoms with E-state index in [1.165, 1.54) is 37.9 Å². The summed E-state index contributed by atoms with van der Waals surface area (Å²) in [5, 5.41) is 3.58. The predicted molar refractivity (Wildman–Crippen MR) is 75.8 cm³/mol. The lowest BCUT2D eigenvalue weighted by Gasteiger charge is -2.32. The number of hydrogen-bond donors (Lipinski definition) is 1. The summed E-state index contributed by atoms with van der Waals surface area (Å²) in [7, 11) is 0. The minimum Gasteiger partial charge on any atom is -0.338 e. The molecule has 4 heteroatoms. The fourth-order valence-electron chi connectivity index (χ4n) is 3.09. The molecule has 1 N–H and O–H groups in total. The first-order valence-corrected chi connectivity index (χ1v) is 8.61. The number of carbonyl (C=O) groups excluding carboxylic acids is 1. The molecule has 3 aliphatic rings. The molecule has 1 saturated carbocycles. The maximum absolute atomic E-state index is 12.6. The van der Waals surface area contributed by atoms with Gasteiger partial charge in [0.1, 0.15) is 0 Å². The highest BCUT2D eigenvalue weighted by molar-refractivity contribution is 7.99. The van der Waals surface area contributed by atoms with Gasteiger partial charge in [-0.25, -0.2) is 0 Å². The normalized spacial score (nSPS) is 32.4. The van der Waals surface area contributed by atoms with Crippen LogP contribution in [-0.2, 0) is 4.79 Å². The van der Waals surface area contributed by atoms with Gasteiger partial charge in [0, 0.05) is 30.3 Å². The summed E-state index contributed by atoms with van der Waals surface area (Å²) >= 11 is 1.94. The third kappa shape index (κ3) is 3.02. The molecule has 2 aliphatic heterocycles. The number of rotatable bonds is 4. The highest BCUT2D eigenvalue weighted by Gasteiger charge is 2.37. The number of thioether (sulfide) groups is 1. The number of carbonyl (C=O) groups is 1. The molecule has 102 valence electrons. The van der Waals surface area contributed by atoms with Gasteiger partial charge in [0.25, 0.3) is 0 Å². The summed E-state index contributed by atoms with van der Waals surface area (Å²) < 4.78 is 0. The largest absolute Gasteiger partial charge is 0.338 e. The van der Waals surface area contributed by atoms with Crippen molar-refractivity contribution >= 4 is 17.7 Å². The zero-order valence-corrected chi connectivity index (χ0v) is 11.9. The van der Waals surface area contributed by atoms with Gasteiger partial charge in [0.15, 0.2) is 0 Å². The predicted octanol–water partition coefficient (Wildman–Crippen LogP) is 1.87. The van der Waals surface area contributed by atoms with E-state index in [1.807, 2.05) is 11.8 Å². The zero-order chi connectivity index (χ0) is 12.4. The van der Waals surface area contributed by atoms with E-state index in [-0.39, 0.29) is 0 Å². The third-order valence-corrected chi connectivity index (χ3v) is 5.54. The topological polar surface area (TPSA) is 32.3 Å². The first-order chi connectivity index (χ1) is 8.84. The van der Waals surface area contributed by atoms with Crippen molar-refractivity contribution < 1.29 is 4.79 Å². The van der Waals surface area contributed by atoms with Crippen LogP contribution >= 0.6 is 11.8 Å². The van der Waals surface area contributed by atoms with Crippen LogP contribution < -0.4 is 5.32 Å². The molecule has 0 aromatic rings. The Morgan fingerprint density at radius 3 is 2.72 bits per heavy atom. The summed E-state index contributed by atoms with van der Waals surface area (Å²) in [6.45, 7) is 2.10. The lowest BCUT2D eigenvalue weighted by molar-refractivity contribution is -0.135. The van der Waals surface area contributed by atoms with Crippen LogP contribution in [0, 0.1) is 5.92 Å². The smallest absolute Gasteiger partial charge is 0.226 e. The standard InChI is InChI=1S/C14H24N2OS/c17-14(11-6-8-18-10-11)16(13-4-5-13)9-12-3-1-2-7-15-12/h11-13,15H,1-10H2. The van der Waals surface area contributed by atoms with Crippen molar-refractivity contribution in [3.63, 3.8) is 0 Å². The summed E-state index contributed by atoms with van der Waals surface area (Å²) in [5.41, 5.74) is 0. The van der Waals surface area contributed by atoms with E-state index in [2.05, 4.69) is 10.2 Å². The Morgan fingerprint density at radius 1 is 1.22 bits per heavy atom. The summed E-state index contributed by atoms with van der Waals surface area (Å²) in [5.74, 6) is 3.01. The molecule has 0 radical (unpaired) electrons. The lowest BCUT2D eigenvalue weighted by Crippen LogP contribution is -2.48. The number of amides is 1. The fraction of sp³-hybridized carbons (Fsp3) is 0.929. The monoisotopic (exact) mass is 268 g/mol. The molecule has 3 nitrogen and oxygen atoms in total. The second-order valence-corrected chi connectivity index (χ2v) is 7.08. The summed E-state index contributed by atoms with van der Waals surface area (Å²) in [4.78, 5) is 14.8. The second kappa shape index (κ2) is 5.83. The molecule has 0 aromatic heterocycles. The third-order valence-electron chi connectivity index (χ3n) is 4.38. The van der Waals surface area contributed by atoms with E-state index in [0.29, 0.717) is 23.9 Å². The van der Waals surface area contributed by atoms with Gasteiger partial charge in [-0.15, -0.1) is 0 Å². The minimum absolute atomic E-state index is 0.319. The molecular weight excluding hydrogens is 244 g/mol. The number of piperidine rings is 1. The van der Waals surface area contributed by atoms with Gasteiger partial charge in [0.05, 0.1) is 0 Å². The Bertz CT molecular complexity index is 294. The summed E-state index contributed by atoms with van der Waals surface area (Å²) in [6, 6.07) is 1.13. The van der Waals surface area contributed by atoms with E-state index < -0.39 is 0 Å². The second-order valence-electron chi connectivity index (χ2n) is 5.93. The molecule has 2 heterocycles. The van der Waals surface area contributed by atoms with E-state index in [0.717, 1.165) is 25.3 Å². The lowest BCUT2D eigenvalue weighted by atomic mass is 10.0. The maximum Gasteiger partial charge on any atom is 0.226 e. The van der Waals surface area contributed by atoms with Crippen molar-refractivity contribution in [1.29, 1.82) is 0 Å².